The van der Waals surface area contributed by atoms with Crippen molar-refractivity contribution < 1.29 is 57.2 Å². The van der Waals surface area contributed by atoms with Crippen LogP contribution < -0.4 is 10.6 Å². The fraction of sp³-hybridized carbons (Fsp3) is 0.479. The van der Waals surface area contributed by atoms with Crippen molar-refractivity contribution >= 4 is 57.7 Å². The summed E-state index contributed by atoms with van der Waals surface area (Å²) in [6.07, 6.45) is 20.8. The third-order valence-corrected chi connectivity index (χ3v) is 27.7. The van der Waals surface area contributed by atoms with Crippen molar-refractivity contribution in [1.82, 2.24) is 70.1 Å². The maximum atomic E-state index is 14.4. The van der Waals surface area contributed by atoms with Gasteiger partial charge in [0.1, 0.15) is 46.6 Å². The van der Waals surface area contributed by atoms with Crippen molar-refractivity contribution in [3.63, 3.8) is 0 Å². The second-order valence-corrected chi connectivity index (χ2v) is 38.1. The van der Waals surface area contributed by atoms with Crippen molar-refractivity contribution in [2.75, 3.05) is 53.7 Å². The number of H-pyrrole nitrogens is 4. The van der Waals surface area contributed by atoms with E-state index >= 15 is 0 Å². The normalized spacial score (nSPS) is 23.7. The highest BCUT2D eigenvalue weighted by Gasteiger charge is 2.58. The molecule has 4 bridgehead atoms. The molecule has 10 aliphatic rings. The van der Waals surface area contributed by atoms with Crippen molar-refractivity contribution in [2.45, 2.75) is 204 Å². The number of hydrogen-bond donors (Lipinski definition) is 6. The summed E-state index contributed by atoms with van der Waals surface area (Å²) in [6, 6.07) is 41.3. The van der Waals surface area contributed by atoms with Crippen LogP contribution in [0.4, 0.5) is 19.2 Å². The molecule has 26 heteroatoms. The second-order valence-electron chi connectivity index (χ2n) is 38.1. The Kier molecular flexibility index (Phi) is 21.2. The van der Waals surface area contributed by atoms with Crippen LogP contribution in [0.25, 0.3) is 88.8 Å². The number of imidazole rings is 4. The van der Waals surface area contributed by atoms with Crippen LogP contribution in [0, 0.1) is 34.5 Å². The summed E-state index contributed by atoms with van der Waals surface area (Å²) in [6.45, 7) is 15.1. The van der Waals surface area contributed by atoms with Crippen LogP contribution in [0.5, 0.6) is 0 Å². The number of benzene rings is 6. The van der Waals surface area contributed by atoms with E-state index in [9.17, 15) is 28.8 Å². The molecule has 6 aliphatic heterocycles. The van der Waals surface area contributed by atoms with Gasteiger partial charge in [0, 0.05) is 62.7 Å². The molecule has 2 spiro atoms. The molecule has 10 atom stereocenters. The van der Waals surface area contributed by atoms with Gasteiger partial charge in [-0.2, -0.15) is 0 Å². The van der Waals surface area contributed by atoms with Crippen molar-refractivity contribution in [1.29, 1.82) is 0 Å². The fourth-order valence-corrected chi connectivity index (χ4v) is 21.0. The smallest absolute Gasteiger partial charge is 0.411 e. The van der Waals surface area contributed by atoms with Gasteiger partial charge in [-0.3, -0.25) is 19.4 Å². The summed E-state index contributed by atoms with van der Waals surface area (Å²) in [5, 5.41) is 10.3. The molecule has 6 N–H and O–H groups in total. The Morgan fingerprint density at radius 2 is 0.770 bits per heavy atom. The third-order valence-electron chi connectivity index (χ3n) is 27.7. The van der Waals surface area contributed by atoms with Gasteiger partial charge in [-0.15, -0.1) is 0 Å². The lowest BCUT2D eigenvalue weighted by molar-refractivity contribution is -0.140. The molecule has 122 heavy (non-hydrogen) atoms. The lowest BCUT2D eigenvalue weighted by atomic mass is 9.89. The summed E-state index contributed by atoms with van der Waals surface area (Å²) < 4.78 is 32.6. The van der Waals surface area contributed by atoms with Crippen LogP contribution >= 0.6 is 0 Å². The molecule has 10 aromatic rings. The Morgan fingerprint density at radius 3 is 1.20 bits per heavy atom. The zero-order valence-corrected chi connectivity index (χ0v) is 70.8. The Morgan fingerprint density at radius 1 is 0.418 bits per heavy atom. The lowest BCUT2D eigenvalue weighted by Crippen LogP contribution is -2.55. The number of nitrogens with zero attached hydrogens (tertiary/aromatic N) is 8. The number of rotatable bonds is 16. The molecular weight excluding hydrogens is 1540 g/mol. The molecule has 0 radical (unpaired) electrons. The molecule has 4 aromatic heterocycles. The SMILES string of the molecule is CC(C)(C)OC(=O)N1CC2(CC2)C[C@H]1c1ncc(-c2ccc3cc(-c4ccc(-c5cnc([C@@H]6[C@H]7CC[C@H](C7)N6C(=O)OC(C)(C)C)[nH]5)cc4)ccc3c2)[nH]1.COC(=O)N[C@H](C(=O)N1CC2(CC2)C[C@H]1c1ncc(-c2ccc3cc(-c4ccc(-c5cnc([C@@H]6[C@H]7CC[C@H](C7)N6C(=O)[C@@H](NC(=O)OC)C6CCOCC6)[nH]5)cc4)ccc3c2)[nH]1)C1CCOCC1. The van der Waals surface area contributed by atoms with Gasteiger partial charge in [-0.25, -0.2) is 39.1 Å². The van der Waals surface area contributed by atoms with Crippen LogP contribution in [0.15, 0.2) is 146 Å². The number of nitrogens with one attached hydrogen (secondary N) is 6. The van der Waals surface area contributed by atoms with Crippen LogP contribution in [0.1, 0.15) is 192 Å². The molecule has 0 unspecified atom stereocenters. The molecule has 636 valence electrons. The van der Waals surface area contributed by atoms with Crippen molar-refractivity contribution in [2.24, 2.45) is 34.5 Å². The lowest BCUT2D eigenvalue weighted by Gasteiger charge is -2.39. The molecule has 6 amide bonds. The number of fused-ring (bicyclic) bond motifs is 6. The number of piperidine rings is 2. The van der Waals surface area contributed by atoms with Gasteiger partial charge in [-0.1, -0.05) is 97.1 Å². The summed E-state index contributed by atoms with van der Waals surface area (Å²) in [5.74, 6) is 3.69. The first-order chi connectivity index (χ1) is 58.9. The summed E-state index contributed by atoms with van der Waals surface area (Å²) in [5.41, 5.74) is 11.4. The molecular formula is C96H110N14O12. The van der Waals surface area contributed by atoms with Gasteiger partial charge >= 0.3 is 24.4 Å². The van der Waals surface area contributed by atoms with Crippen molar-refractivity contribution in [3.05, 3.63) is 169 Å². The Balaban J connectivity index is 0.000000165. The van der Waals surface area contributed by atoms with E-state index in [1.807, 2.05) is 85.9 Å². The molecule has 10 heterocycles. The standard InChI is InChI=1S/C52H60N8O8.C44H50N6O4/c1-65-50(63)57-43(32-13-19-67-20-14-32)48(61)59-29-52(17-18-52)26-42(59)46-53-28-41(55-46)37-10-9-35-23-34(7-8-36(35)24-37)30-3-5-31(6-4-30)40-27-54-47(56-40)45-38-11-12-39(25-38)60(45)49(62)44(58-51(64)66-2)33-15-21-68-22-16-33;1-42(2,3)53-40(51)49-25-44(17-18-44)22-36(49)38-45-24-35(47-38)31-14-13-29-19-28(11-12-30(29)20-31)26-7-9-27(10-8-26)34-23-46-39(48-34)37-32-15-16-33(21-32)50(37)41(52)54-43(4,5)6/h3-10,23-24,27-28,32-33,38-39,42-45H,11-22,25-26,29H2,1-2H3,(H,53,55)(H,54,56)(H,57,63)(H,58,64);7-14,19-20,23-24,32-33,36-37H,15-18,21-22,25H2,1-6H3,(H,45,47)(H,46,48)/t38-,39+,42-,43-,44-,45-;32-,33+,36-,37-/m00/s1. The minimum absolute atomic E-state index is 0.0249. The van der Waals surface area contributed by atoms with Crippen LogP contribution in [0.2, 0.25) is 0 Å². The van der Waals surface area contributed by atoms with E-state index in [2.05, 4.69) is 152 Å². The number of carbonyl (C=O) groups is 6. The van der Waals surface area contributed by atoms with Crippen LogP contribution in [0.3, 0.4) is 0 Å². The van der Waals surface area contributed by atoms with Crippen LogP contribution in [-0.4, -0.2) is 185 Å². The van der Waals surface area contributed by atoms with Gasteiger partial charge in [0.15, 0.2) is 0 Å². The Hall–Kier alpha value is -11.4. The molecule has 6 saturated heterocycles. The number of aromatic nitrogens is 8. The molecule has 6 aromatic carbocycles. The average Bonchev–Trinajstić information content (AvgIpc) is 1.92. The number of carbonyl (C=O) groups excluding carboxylic acids is 6. The minimum atomic E-state index is -0.685. The topological polar surface area (TPSA) is 310 Å². The maximum absolute atomic E-state index is 14.4. The first-order valence-corrected chi connectivity index (χ1v) is 43.9. The number of hydrogen-bond acceptors (Lipinski definition) is 16. The van der Waals surface area contributed by atoms with E-state index in [1.165, 1.54) is 14.2 Å². The molecule has 4 aliphatic carbocycles. The van der Waals surface area contributed by atoms with Gasteiger partial charge < -0.3 is 68.8 Å². The monoisotopic (exact) mass is 1650 g/mol. The summed E-state index contributed by atoms with van der Waals surface area (Å²) >= 11 is 0. The van der Waals surface area contributed by atoms with Gasteiger partial charge in [0.25, 0.3) is 0 Å². The number of aromatic amines is 4. The number of amides is 6. The van der Waals surface area contributed by atoms with E-state index < -0.39 is 35.5 Å². The summed E-state index contributed by atoms with van der Waals surface area (Å²) in [7, 11) is 2.65. The highest BCUT2D eigenvalue weighted by molar-refractivity contribution is 5.93. The number of likely N-dealkylation sites (tertiary alicyclic amines) is 4. The van der Waals surface area contributed by atoms with E-state index in [1.54, 1.807) is 0 Å². The molecule has 20 rings (SSSR count). The third kappa shape index (κ3) is 16.2. The molecule has 26 nitrogen and oxygen atoms in total. The predicted molar refractivity (Wildman–Crippen MR) is 460 cm³/mol. The first-order valence-electron chi connectivity index (χ1n) is 43.9. The van der Waals surface area contributed by atoms with E-state index in [-0.39, 0.29) is 82.9 Å². The zero-order chi connectivity index (χ0) is 84.1. The van der Waals surface area contributed by atoms with Crippen LogP contribution in [-0.2, 0) is 38.0 Å². The van der Waals surface area contributed by atoms with E-state index in [0.717, 1.165) is 196 Å². The van der Waals surface area contributed by atoms with Gasteiger partial charge in [0.2, 0.25) is 11.8 Å². The van der Waals surface area contributed by atoms with Gasteiger partial charge in [-0.05, 0) is 258 Å². The second kappa shape index (κ2) is 32.1. The number of alkyl carbamates (subject to hydrolysis) is 2. The molecule has 4 saturated carbocycles. The Bertz CT molecular complexity index is 5600. The first kappa shape index (κ1) is 80.4. The van der Waals surface area contributed by atoms with Crippen molar-refractivity contribution in [3.8, 4) is 67.3 Å². The minimum Gasteiger partial charge on any atom is -0.453 e. The summed E-state index contributed by atoms with van der Waals surface area (Å²) in [4.78, 5) is 121. The average molecular weight is 1650 g/mol. The quantitative estimate of drug-likeness (QED) is 0.0490. The number of methoxy groups -OCH3 is 2. The van der Waals surface area contributed by atoms with Gasteiger partial charge in [0.05, 0.1) is 86.0 Å². The van der Waals surface area contributed by atoms with E-state index in [4.69, 9.17) is 48.4 Å². The maximum Gasteiger partial charge on any atom is 0.411 e. The number of ether oxygens (including phenoxy) is 6. The fourth-order valence-electron chi connectivity index (χ4n) is 21.0. The highest BCUT2D eigenvalue weighted by atomic mass is 16.6. The predicted octanol–water partition coefficient (Wildman–Crippen LogP) is 17.9. The zero-order valence-electron chi connectivity index (χ0n) is 70.8. The molecule has 10 fully saturated rings. The van der Waals surface area contributed by atoms with E-state index in [0.29, 0.717) is 70.5 Å². The largest absolute Gasteiger partial charge is 0.453 e. The highest BCUT2D eigenvalue weighted by Crippen LogP contribution is 2.60. The Labute approximate surface area is 710 Å².